The third kappa shape index (κ3) is 2.70. The fraction of sp³-hybridized carbons (Fsp3) is 0. The third-order valence-corrected chi connectivity index (χ3v) is 4.62. The molecule has 0 radical (unpaired) electrons. The van der Waals surface area contributed by atoms with Crippen LogP contribution in [0.4, 0.5) is 17.1 Å². The molecule has 14 nitrogen and oxygen atoms in total. The molecule has 0 saturated carbocycles. The summed E-state index contributed by atoms with van der Waals surface area (Å²) in [6, 6.07) is 3.42. The summed E-state index contributed by atoms with van der Waals surface area (Å²) in [7, 11) is -4.97. The van der Waals surface area contributed by atoms with Gasteiger partial charge in [-0.25, -0.2) is 0 Å². The van der Waals surface area contributed by atoms with E-state index in [1.165, 1.54) is 0 Å². The zero-order chi connectivity index (χ0) is 21.0. The lowest BCUT2D eigenvalue weighted by atomic mass is 10.1. The fourth-order valence-corrected chi connectivity index (χ4v) is 3.40. The first-order valence-electron chi connectivity index (χ1n) is 6.92. The van der Waals surface area contributed by atoms with Gasteiger partial charge in [-0.3, -0.25) is 39.7 Å². The second kappa shape index (κ2) is 6.03. The van der Waals surface area contributed by atoms with Crippen molar-refractivity contribution in [3.63, 3.8) is 0 Å². The van der Waals surface area contributed by atoms with Crippen LogP contribution in [0.25, 0.3) is 21.9 Å². The smallest absolute Gasteiger partial charge is 0.423 e. The molecule has 0 atom stereocenters. The Morgan fingerprint density at radius 1 is 0.893 bits per heavy atom. The van der Waals surface area contributed by atoms with Crippen LogP contribution >= 0.6 is 0 Å². The van der Waals surface area contributed by atoms with Gasteiger partial charge >= 0.3 is 17.1 Å². The van der Waals surface area contributed by atoms with Gasteiger partial charge in [-0.2, -0.15) is 8.42 Å². The van der Waals surface area contributed by atoms with Crippen molar-refractivity contribution in [3.05, 3.63) is 64.8 Å². The number of nitro groups is 3. The Kier molecular flexibility index (Phi) is 4.05. The fourth-order valence-electron chi connectivity index (χ4n) is 2.70. The number of nitro benzene ring substituents is 3. The Hall–Kier alpha value is -3.98. The first kappa shape index (κ1) is 18.8. The molecule has 2 aromatic carbocycles. The molecular weight excluding hydrogens is 406 g/mol. The first-order chi connectivity index (χ1) is 12.9. The second-order valence-corrected chi connectivity index (χ2v) is 6.66. The van der Waals surface area contributed by atoms with Crippen LogP contribution in [-0.4, -0.2) is 27.7 Å². The van der Waals surface area contributed by atoms with Crippen LogP contribution in [0.2, 0.25) is 0 Å². The molecule has 0 unspecified atom stereocenters. The van der Waals surface area contributed by atoms with Gasteiger partial charge in [-0.1, -0.05) is 6.07 Å². The average molecular weight is 411 g/mol. The van der Waals surface area contributed by atoms with E-state index >= 15 is 0 Å². The maximum Gasteiger partial charge on any atom is 0.423 e. The summed E-state index contributed by atoms with van der Waals surface area (Å²) >= 11 is 0. The Morgan fingerprint density at radius 2 is 1.50 bits per heavy atom. The van der Waals surface area contributed by atoms with Gasteiger partial charge in [0.15, 0.2) is 11.0 Å². The molecule has 0 aliphatic rings. The first-order valence-corrected chi connectivity index (χ1v) is 8.36. The molecule has 0 fully saturated rings. The highest BCUT2D eigenvalue weighted by Gasteiger charge is 2.41. The van der Waals surface area contributed by atoms with Crippen molar-refractivity contribution in [2.24, 2.45) is 0 Å². The SMILES string of the molecule is O=c1c2c(S(=O)(=O)O)cccc2oc2cc([N+](=O)[O-])c([N+](=O)[O-])c([N+](=O)[O-])c12. The van der Waals surface area contributed by atoms with Crippen LogP contribution in [-0.2, 0) is 10.1 Å². The monoisotopic (exact) mass is 411 g/mol. The van der Waals surface area contributed by atoms with E-state index in [2.05, 4.69) is 0 Å². The van der Waals surface area contributed by atoms with Gasteiger partial charge in [0.05, 0.1) is 26.2 Å². The molecule has 3 aromatic rings. The lowest BCUT2D eigenvalue weighted by Gasteiger charge is -2.06. The van der Waals surface area contributed by atoms with E-state index in [-0.39, 0.29) is 0 Å². The summed E-state index contributed by atoms with van der Waals surface area (Å²) < 4.78 is 37.5. The Balaban J connectivity index is 2.74. The van der Waals surface area contributed by atoms with Gasteiger partial charge in [0, 0.05) is 0 Å². The molecule has 15 heteroatoms. The quantitative estimate of drug-likeness (QED) is 0.283. The summed E-state index contributed by atoms with van der Waals surface area (Å²) in [5, 5.41) is 31.9. The molecular formula is C13H5N3O11S. The minimum atomic E-state index is -4.97. The van der Waals surface area contributed by atoms with Crippen molar-refractivity contribution in [2.75, 3.05) is 0 Å². The maximum absolute atomic E-state index is 12.8. The largest absolute Gasteiger partial charge is 0.455 e. The molecule has 0 aliphatic carbocycles. The van der Waals surface area contributed by atoms with Gasteiger partial charge < -0.3 is 4.42 Å². The maximum atomic E-state index is 12.8. The number of hydrogen-bond donors (Lipinski definition) is 1. The summed E-state index contributed by atoms with van der Waals surface area (Å²) in [6.07, 6.45) is 0. The molecule has 3 rings (SSSR count). The van der Waals surface area contributed by atoms with Crippen molar-refractivity contribution in [2.45, 2.75) is 4.90 Å². The van der Waals surface area contributed by atoms with Crippen LogP contribution in [0.3, 0.4) is 0 Å². The number of hydrogen-bond acceptors (Lipinski definition) is 10. The van der Waals surface area contributed by atoms with Crippen LogP contribution in [0.5, 0.6) is 0 Å². The van der Waals surface area contributed by atoms with Gasteiger partial charge in [0.25, 0.3) is 10.1 Å². The molecule has 144 valence electrons. The summed E-state index contributed by atoms with van der Waals surface area (Å²) in [5.74, 6) is 0. The standard InChI is InChI=1S/C13H5N3O11S/c17-13-9-6(2-1-3-8(9)28(24,25)26)27-7-4-5(14(18)19)11(15(20)21)12(10(7)13)16(22)23/h1-4H,(H,24,25,26). The van der Waals surface area contributed by atoms with Crippen molar-refractivity contribution in [1.29, 1.82) is 0 Å². The highest BCUT2D eigenvalue weighted by molar-refractivity contribution is 7.86. The number of rotatable bonds is 4. The van der Waals surface area contributed by atoms with Crippen LogP contribution in [0.1, 0.15) is 0 Å². The van der Waals surface area contributed by atoms with E-state index in [4.69, 9.17) is 4.42 Å². The molecule has 28 heavy (non-hydrogen) atoms. The average Bonchev–Trinajstić information content (AvgIpc) is 2.58. The van der Waals surface area contributed by atoms with Crippen LogP contribution in [0, 0.1) is 30.3 Å². The van der Waals surface area contributed by atoms with Crippen molar-refractivity contribution < 1.29 is 32.2 Å². The minimum absolute atomic E-state index is 0.460. The molecule has 1 heterocycles. The van der Waals surface area contributed by atoms with Gasteiger partial charge in [-0.15, -0.1) is 0 Å². The Labute approximate surface area is 151 Å². The van der Waals surface area contributed by atoms with Gasteiger partial charge in [0.1, 0.15) is 10.5 Å². The van der Waals surface area contributed by atoms with E-state index in [1.807, 2.05) is 0 Å². The molecule has 0 spiro atoms. The Morgan fingerprint density at radius 3 is 2.00 bits per heavy atom. The van der Waals surface area contributed by atoms with E-state index in [0.29, 0.717) is 6.07 Å². The number of nitrogens with zero attached hydrogens (tertiary/aromatic N) is 3. The highest BCUT2D eigenvalue weighted by Crippen LogP contribution is 2.42. The van der Waals surface area contributed by atoms with Crippen molar-refractivity contribution in [3.8, 4) is 0 Å². The lowest BCUT2D eigenvalue weighted by molar-refractivity contribution is -0.440. The lowest BCUT2D eigenvalue weighted by Crippen LogP contribution is -2.12. The number of fused-ring (bicyclic) bond motifs is 2. The highest BCUT2D eigenvalue weighted by atomic mass is 32.2. The van der Waals surface area contributed by atoms with Gasteiger partial charge in [0.2, 0.25) is 5.43 Å². The van der Waals surface area contributed by atoms with E-state index in [1.54, 1.807) is 0 Å². The zero-order valence-corrected chi connectivity index (χ0v) is 13.9. The molecule has 0 amide bonds. The predicted octanol–water partition coefficient (Wildman–Crippen LogP) is 1.92. The summed E-state index contributed by atoms with van der Waals surface area (Å²) in [5.41, 5.74) is -7.00. The van der Waals surface area contributed by atoms with Crippen LogP contribution < -0.4 is 5.43 Å². The third-order valence-electron chi connectivity index (χ3n) is 3.72. The topological polar surface area (TPSA) is 214 Å². The minimum Gasteiger partial charge on any atom is -0.455 e. The normalized spacial score (nSPS) is 11.6. The summed E-state index contributed by atoms with van der Waals surface area (Å²) in [4.78, 5) is 41.6. The van der Waals surface area contributed by atoms with E-state index < -0.39 is 74.2 Å². The van der Waals surface area contributed by atoms with Crippen molar-refractivity contribution >= 4 is 49.1 Å². The predicted molar refractivity (Wildman–Crippen MR) is 89.8 cm³/mol. The zero-order valence-electron chi connectivity index (χ0n) is 13.1. The van der Waals surface area contributed by atoms with E-state index in [9.17, 15) is 48.1 Å². The van der Waals surface area contributed by atoms with Crippen LogP contribution in [0.15, 0.2) is 38.4 Å². The van der Waals surface area contributed by atoms with Gasteiger partial charge in [-0.05, 0) is 12.1 Å². The second-order valence-electron chi connectivity index (χ2n) is 5.27. The summed E-state index contributed by atoms with van der Waals surface area (Å²) in [6.45, 7) is 0. The van der Waals surface area contributed by atoms with Crippen molar-refractivity contribution in [1.82, 2.24) is 0 Å². The molecule has 0 saturated heterocycles. The molecule has 1 aromatic heterocycles. The molecule has 0 bridgehead atoms. The van der Waals surface area contributed by atoms with E-state index in [0.717, 1.165) is 18.2 Å². The molecule has 0 aliphatic heterocycles. The Bertz CT molecular complexity index is 1390. The molecule has 1 N–H and O–H groups in total. The number of benzene rings is 2.